The van der Waals surface area contributed by atoms with E-state index in [0.717, 1.165) is 18.9 Å². The molecule has 0 bridgehead atoms. The predicted molar refractivity (Wildman–Crippen MR) is 48.8 cm³/mol. The van der Waals surface area contributed by atoms with Gasteiger partial charge in [0.25, 0.3) is 0 Å². The van der Waals surface area contributed by atoms with Crippen LogP contribution in [0.5, 0.6) is 0 Å². The van der Waals surface area contributed by atoms with Gasteiger partial charge >= 0.3 is 0 Å². The van der Waals surface area contributed by atoms with E-state index in [0.29, 0.717) is 11.8 Å². The maximum absolute atomic E-state index is 4.42. The predicted octanol–water partition coefficient (Wildman–Crippen LogP) is 1.45. The fourth-order valence-corrected chi connectivity index (χ4v) is 1.07. The quantitative estimate of drug-likeness (QED) is 0.595. The molecule has 0 aromatic rings. The minimum Gasteiger partial charge on any atom is -0.373 e. The molecule has 0 saturated heterocycles. The Morgan fingerprint density at radius 3 is 3.00 bits per heavy atom. The Hall–Kier alpha value is -0.790. The van der Waals surface area contributed by atoms with Crippen molar-refractivity contribution in [3.8, 4) is 0 Å². The molecule has 1 heterocycles. The lowest BCUT2D eigenvalue weighted by Crippen LogP contribution is -2.37. The molecule has 2 unspecified atom stereocenters. The minimum atomic E-state index is 0.377. The maximum atomic E-state index is 4.42. The zero-order valence-corrected chi connectivity index (χ0v) is 7.30. The third-order valence-corrected chi connectivity index (χ3v) is 1.99. The molecule has 1 aliphatic rings. The average molecular weight is 152 g/mol. The fraction of sp³-hybridized carbons (Fsp3) is 0.667. The van der Waals surface area contributed by atoms with Crippen molar-refractivity contribution in [3.05, 3.63) is 12.7 Å². The molecule has 2 atom stereocenters. The van der Waals surface area contributed by atoms with Crippen LogP contribution in [0.3, 0.4) is 0 Å². The van der Waals surface area contributed by atoms with Crippen LogP contribution in [0.1, 0.15) is 13.8 Å². The van der Waals surface area contributed by atoms with Crippen LogP contribution >= 0.6 is 0 Å². The van der Waals surface area contributed by atoms with Gasteiger partial charge in [0.1, 0.15) is 5.84 Å². The third kappa shape index (κ3) is 2.07. The van der Waals surface area contributed by atoms with Crippen molar-refractivity contribution in [2.75, 3.05) is 13.1 Å². The van der Waals surface area contributed by atoms with E-state index in [1.165, 1.54) is 0 Å². The van der Waals surface area contributed by atoms with E-state index in [-0.39, 0.29) is 0 Å². The Bertz CT molecular complexity index is 172. The molecule has 0 amide bonds. The van der Waals surface area contributed by atoms with Crippen LogP contribution in [0.2, 0.25) is 0 Å². The van der Waals surface area contributed by atoms with Crippen molar-refractivity contribution in [3.63, 3.8) is 0 Å². The monoisotopic (exact) mass is 152 g/mol. The van der Waals surface area contributed by atoms with Crippen LogP contribution in [0, 0.1) is 11.8 Å². The first-order valence-electron chi connectivity index (χ1n) is 4.14. The number of hydrogen-bond acceptors (Lipinski definition) is 2. The Kier molecular flexibility index (Phi) is 2.69. The average Bonchev–Trinajstić information content (AvgIpc) is 2.05. The van der Waals surface area contributed by atoms with Crippen LogP contribution in [-0.2, 0) is 0 Å². The Morgan fingerprint density at radius 2 is 2.55 bits per heavy atom. The lowest BCUT2D eigenvalue weighted by molar-refractivity contribution is 0.543. The van der Waals surface area contributed by atoms with Crippen LogP contribution < -0.4 is 5.32 Å². The summed E-state index contributed by atoms with van der Waals surface area (Å²) in [6.07, 6.45) is 1.92. The summed E-state index contributed by atoms with van der Waals surface area (Å²) in [7, 11) is 0. The highest BCUT2D eigenvalue weighted by atomic mass is 15.0. The molecule has 62 valence electrons. The summed E-state index contributed by atoms with van der Waals surface area (Å²) in [6.45, 7) is 10.1. The summed E-state index contributed by atoms with van der Waals surface area (Å²) in [6, 6.07) is 0. The highest BCUT2D eigenvalue weighted by molar-refractivity contribution is 5.86. The number of amidine groups is 1. The SMILES string of the molecule is C=CC(C)C1=NCC(C)CN1. The molecule has 0 spiro atoms. The minimum absolute atomic E-state index is 0.377. The summed E-state index contributed by atoms with van der Waals surface area (Å²) in [5.74, 6) is 2.15. The van der Waals surface area contributed by atoms with E-state index in [9.17, 15) is 0 Å². The Labute approximate surface area is 68.4 Å². The van der Waals surface area contributed by atoms with Gasteiger partial charge < -0.3 is 5.32 Å². The normalized spacial score (nSPS) is 26.7. The number of nitrogens with one attached hydrogen (secondary N) is 1. The van der Waals surface area contributed by atoms with Crippen LogP contribution in [0.15, 0.2) is 17.6 Å². The molecule has 1 N–H and O–H groups in total. The number of hydrogen-bond donors (Lipinski definition) is 1. The van der Waals surface area contributed by atoms with Gasteiger partial charge in [0, 0.05) is 19.0 Å². The lowest BCUT2D eigenvalue weighted by atomic mass is 10.1. The van der Waals surface area contributed by atoms with E-state index in [1.807, 2.05) is 6.08 Å². The number of aliphatic imine (C=N–C) groups is 1. The molecule has 2 heteroatoms. The van der Waals surface area contributed by atoms with Gasteiger partial charge in [-0.05, 0) is 5.92 Å². The molecule has 0 saturated carbocycles. The first-order valence-corrected chi connectivity index (χ1v) is 4.14. The summed E-state index contributed by atoms with van der Waals surface area (Å²) >= 11 is 0. The molecule has 11 heavy (non-hydrogen) atoms. The molecule has 0 aromatic carbocycles. The van der Waals surface area contributed by atoms with Crippen molar-refractivity contribution in [1.82, 2.24) is 5.32 Å². The number of nitrogens with zero attached hydrogens (tertiary/aromatic N) is 1. The second-order valence-corrected chi connectivity index (χ2v) is 3.24. The molecule has 0 fully saturated rings. The van der Waals surface area contributed by atoms with Crippen LogP contribution in [0.25, 0.3) is 0 Å². The molecule has 2 nitrogen and oxygen atoms in total. The fourth-order valence-electron chi connectivity index (χ4n) is 1.07. The van der Waals surface area contributed by atoms with Crippen molar-refractivity contribution >= 4 is 5.84 Å². The van der Waals surface area contributed by atoms with Crippen LogP contribution in [0.4, 0.5) is 0 Å². The topological polar surface area (TPSA) is 24.4 Å². The van der Waals surface area contributed by atoms with Crippen molar-refractivity contribution in [2.24, 2.45) is 16.8 Å². The zero-order chi connectivity index (χ0) is 8.27. The van der Waals surface area contributed by atoms with Crippen molar-refractivity contribution in [1.29, 1.82) is 0 Å². The largest absolute Gasteiger partial charge is 0.373 e. The second-order valence-electron chi connectivity index (χ2n) is 3.24. The van der Waals surface area contributed by atoms with E-state index in [1.54, 1.807) is 0 Å². The Balaban J connectivity index is 2.53. The summed E-state index contributed by atoms with van der Waals surface area (Å²) in [5.41, 5.74) is 0. The third-order valence-electron chi connectivity index (χ3n) is 1.99. The van der Waals surface area contributed by atoms with Crippen LogP contribution in [-0.4, -0.2) is 18.9 Å². The number of rotatable bonds is 2. The highest BCUT2D eigenvalue weighted by Crippen LogP contribution is 2.05. The van der Waals surface area contributed by atoms with Gasteiger partial charge in [-0.3, -0.25) is 4.99 Å². The van der Waals surface area contributed by atoms with Crippen molar-refractivity contribution in [2.45, 2.75) is 13.8 Å². The lowest BCUT2D eigenvalue weighted by Gasteiger charge is -2.22. The maximum Gasteiger partial charge on any atom is 0.103 e. The van der Waals surface area contributed by atoms with E-state index in [2.05, 4.69) is 30.7 Å². The van der Waals surface area contributed by atoms with Gasteiger partial charge in [-0.1, -0.05) is 19.9 Å². The van der Waals surface area contributed by atoms with Gasteiger partial charge in [0.05, 0.1) is 0 Å². The van der Waals surface area contributed by atoms with E-state index < -0.39 is 0 Å². The van der Waals surface area contributed by atoms with Crippen molar-refractivity contribution < 1.29 is 0 Å². The van der Waals surface area contributed by atoms with Gasteiger partial charge in [-0.15, -0.1) is 6.58 Å². The highest BCUT2D eigenvalue weighted by Gasteiger charge is 2.12. The molecule has 0 aliphatic carbocycles. The van der Waals surface area contributed by atoms with Gasteiger partial charge in [-0.25, -0.2) is 0 Å². The molecule has 1 aliphatic heterocycles. The van der Waals surface area contributed by atoms with E-state index >= 15 is 0 Å². The summed E-state index contributed by atoms with van der Waals surface area (Å²) in [5, 5.41) is 3.30. The summed E-state index contributed by atoms with van der Waals surface area (Å²) in [4.78, 5) is 4.42. The first-order chi connectivity index (χ1) is 5.24. The molecular weight excluding hydrogens is 136 g/mol. The smallest absolute Gasteiger partial charge is 0.103 e. The van der Waals surface area contributed by atoms with Gasteiger partial charge in [0.15, 0.2) is 0 Å². The second kappa shape index (κ2) is 3.56. The standard InChI is InChI=1S/C9H16N2/c1-4-8(3)9-10-5-7(2)6-11-9/h4,7-8H,1,5-6H2,2-3H3,(H,10,11). The molecule has 0 radical (unpaired) electrons. The zero-order valence-electron chi connectivity index (χ0n) is 7.30. The van der Waals surface area contributed by atoms with E-state index in [4.69, 9.17) is 0 Å². The Morgan fingerprint density at radius 1 is 1.82 bits per heavy atom. The summed E-state index contributed by atoms with van der Waals surface area (Å²) < 4.78 is 0. The molecule has 1 rings (SSSR count). The first kappa shape index (κ1) is 8.31. The van der Waals surface area contributed by atoms with Gasteiger partial charge in [0.2, 0.25) is 0 Å². The molecule has 0 aromatic heterocycles. The van der Waals surface area contributed by atoms with Gasteiger partial charge in [-0.2, -0.15) is 0 Å². The molecular formula is C9H16N2.